The van der Waals surface area contributed by atoms with Crippen molar-refractivity contribution in [2.24, 2.45) is 0 Å². The first-order chi connectivity index (χ1) is 10.7. The molecular formula is C17H17N3OS. The number of thioether (sulfide) groups is 1. The highest BCUT2D eigenvalue weighted by Gasteiger charge is 2.10. The van der Waals surface area contributed by atoms with E-state index in [1.807, 2.05) is 66.3 Å². The number of hydrogen-bond donors (Lipinski definition) is 1. The number of nitrogens with one attached hydrogen (secondary N) is 1. The molecule has 0 aliphatic rings. The fourth-order valence-electron chi connectivity index (χ4n) is 2.44. The lowest BCUT2D eigenvalue weighted by Crippen LogP contribution is -2.19. The van der Waals surface area contributed by atoms with Crippen LogP contribution >= 0.6 is 11.8 Å². The lowest BCUT2D eigenvalue weighted by Gasteiger charge is -2.09. The third kappa shape index (κ3) is 2.99. The van der Waals surface area contributed by atoms with Crippen molar-refractivity contribution >= 4 is 34.4 Å². The Labute approximate surface area is 133 Å². The molecule has 0 saturated heterocycles. The molecule has 2 aromatic carbocycles. The Bertz CT molecular complexity index is 826. The summed E-state index contributed by atoms with van der Waals surface area (Å²) in [7, 11) is 0. The van der Waals surface area contributed by atoms with Crippen LogP contribution in [-0.2, 0) is 11.3 Å². The predicted octanol–water partition coefficient (Wildman–Crippen LogP) is 3.71. The Hall–Kier alpha value is -2.27. The minimum absolute atomic E-state index is 0.0514. The van der Waals surface area contributed by atoms with Crippen LogP contribution in [0.15, 0.2) is 53.4 Å². The molecule has 3 rings (SSSR count). The lowest BCUT2D eigenvalue weighted by molar-refractivity contribution is -0.116. The molecule has 0 saturated carbocycles. The molecule has 0 radical (unpaired) electrons. The fourth-order valence-corrected chi connectivity index (χ4v) is 2.90. The van der Waals surface area contributed by atoms with Crippen LogP contribution in [0.2, 0.25) is 0 Å². The van der Waals surface area contributed by atoms with Crippen LogP contribution in [0.25, 0.3) is 11.0 Å². The van der Waals surface area contributed by atoms with Gasteiger partial charge in [0.05, 0.1) is 11.0 Å². The molecule has 1 amide bonds. The van der Waals surface area contributed by atoms with Crippen molar-refractivity contribution in [3.63, 3.8) is 0 Å². The number of hydrogen-bond acceptors (Lipinski definition) is 3. The molecule has 0 unspecified atom stereocenters. The van der Waals surface area contributed by atoms with E-state index in [2.05, 4.69) is 10.3 Å². The minimum atomic E-state index is -0.0514. The van der Waals surface area contributed by atoms with Crippen molar-refractivity contribution < 1.29 is 4.79 Å². The minimum Gasteiger partial charge on any atom is -0.324 e. The lowest BCUT2D eigenvalue weighted by atomic mass is 10.3. The number of nitrogens with zero attached hydrogens (tertiary/aromatic N) is 2. The van der Waals surface area contributed by atoms with E-state index in [9.17, 15) is 4.79 Å². The molecule has 0 bridgehead atoms. The number of rotatable bonds is 4. The maximum Gasteiger partial charge on any atom is 0.244 e. The van der Waals surface area contributed by atoms with E-state index >= 15 is 0 Å². The van der Waals surface area contributed by atoms with Gasteiger partial charge < -0.3 is 9.88 Å². The first-order valence-electron chi connectivity index (χ1n) is 7.03. The summed E-state index contributed by atoms with van der Waals surface area (Å²) >= 11 is 1.65. The molecule has 0 aliphatic heterocycles. The molecule has 0 aliphatic carbocycles. The molecule has 1 aromatic heterocycles. The molecule has 1 heterocycles. The molecule has 5 heteroatoms. The summed E-state index contributed by atoms with van der Waals surface area (Å²) in [5.74, 6) is 0.790. The maximum atomic E-state index is 12.3. The summed E-state index contributed by atoms with van der Waals surface area (Å²) in [5, 5.41) is 2.95. The largest absolute Gasteiger partial charge is 0.324 e. The average molecular weight is 311 g/mol. The monoisotopic (exact) mass is 311 g/mol. The van der Waals surface area contributed by atoms with Gasteiger partial charge >= 0.3 is 0 Å². The second-order valence-electron chi connectivity index (χ2n) is 5.01. The van der Waals surface area contributed by atoms with E-state index in [0.29, 0.717) is 0 Å². The number of aryl methyl sites for hydroxylation is 1. The van der Waals surface area contributed by atoms with Crippen molar-refractivity contribution in [1.82, 2.24) is 9.55 Å². The van der Waals surface area contributed by atoms with Crippen LogP contribution < -0.4 is 5.32 Å². The summed E-state index contributed by atoms with van der Waals surface area (Å²) in [6.45, 7) is 2.18. The number of imidazole rings is 1. The topological polar surface area (TPSA) is 46.9 Å². The smallest absolute Gasteiger partial charge is 0.244 e. The molecule has 0 fully saturated rings. The summed E-state index contributed by atoms with van der Waals surface area (Å²) < 4.78 is 1.93. The summed E-state index contributed by atoms with van der Waals surface area (Å²) in [4.78, 5) is 17.9. The van der Waals surface area contributed by atoms with Gasteiger partial charge in [-0.05, 0) is 43.5 Å². The Morgan fingerprint density at radius 3 is 2.86 bits per heavy atom. The maximum absolute atomic E-state index is 12.3. The Kier molecular flexibility index (Phi) is 4.15. The van der Waals surface area contributed by atoms with Gasteiger partial charge in [0.15, 0.2) is 0 Å². The normalized spacial score (nSPS) is 10.8. The van der Waals surface area contributed by atoms with E-state index < -0.39 is 0 Å². The van der Waals surface area contributed by atoms with Crippen LogP contribution in [0, 0.1) is 6.92 Å². The Balaban J connectivity index is 1.79. The van der Waals surface area contributed by atoms with Crippen molar-refractivity contribution in [2.75, 3.05) is 11.6 Å². The van der Waals surface area contributed by atoms with Crippen LogP contribution in [0.5, 0.6) is 0 Å². The zero-order valence-electron chi connectivity index (χ0n) is 12.5. The number of carbonyl (C=O) groups is 1. The SMILES string of the molecule is CSc1cccc(NC(=O)Cn2c(C)nc3ccccc32)c1. The summed E-state index contributed by atoms with van der Waals surface area (Å²) in [5.41, 5.74) is 2.71. The molecule has 1 N–H and O–H groups in total. The Morgan fingerprint density at radius 1 is 1.23 bits per heavy atom. The van der Waals surface area contributed by atoms with Crippen LogP contribution in [0.1, 0.15) is 5.82 Å². The zero-order chi connectivity index (χ0) is 15.5. The van der Waals surface area contributed by atoms with Crippen molar-refractivity contribution in [3.05, 3.63) is 54.4 Å². The molecule has 0 spiro atoms. The number of amides is 1. The highest BCUT2D eigenvalue weighted by atomic mass is 32.2. The summed E-state index contributed by atoms with van der Waals surface area (Å²) in [6, 6.07) is 15.7. The van der Waals surface area contributed by atoms with E-state index in [0.717, 1.165) is 27.4 Å². The molecule has 0 atom stereocenters. The number of fused-ring (bicyclic) bond motifs is 1. The number of anilines is 1. The van der Waals surface area contributed by atoms with Crippen molar-refractivity contribution in [1.29, 1.82) is 0 Å². The molecular weight excluding hydrogens is 294 g/mol. The number of aromatic nitrogens is 2. The van der Waals surface area contributed by atoms with Crippen molar-refractivity contribution in [3.8, 4) is 0 Å². The number of carbonyl (C=O) groups excluding carboxylic acids is 1. The highest BCUT2D eigenvalue weighted by molar-refractivity contribution is 7.98. The van der Waals surface area contributed by atoms with Gasteiger partial charge in [-0.1, -0.05) is 18.2 Å². The van der Waals surface area contributed by atoms with E-state index in [4.69, 9.17) is 0 Å². The van der Waals surface area contributed by atoms with Gasteiger partial charge in [-0.25, -0.2) is 4.98 Å². The van der Waals surface area contributed by atoms with E-state index in [1.165, 1.54) is 0 Å². The third-order valence-corrected chi connectivity index (χ3v) is 4.23. The Morgan fingerprint density at radius 2 is 2.05 bits per heavy atom. The van der Waals surface area contributed by atoms with Crippen LogP contribution in [0.3, 0.4) is 0 Å². The molecule has 4 nitrogen and oxygen atoms in total. The highest BCUT2D eigenvalue weighted by Crippen LogP contribution is 2.19. The second-order valence-corrected chi connectivity index (χ2v) is 5.89. The van der Waals surface area contributed by atoms with Gasteiger partial charge in [-0.15, -0.1) is 11.8 Å². The third-order valence-electron chi connectivity index (χ3n) is 3.50. The van der Waals surface area contributed by atoms with Crippen LogP contribution in [-0.4, -0.2) is 21.7 Å². The van der Waals surface area contributed by atoms with Gasteiger partial charge in [0.1, 0.15) is 12.4 Å². The van der Waals surface area contributed by atoms with Gasteiger partial charge in [0.2, 0.25) is 5.91 Å². The first kappa shape index (κ1) is 14.7. The average Bonchev–Trinajstić information content (AvgIpc) is 2.83. The molecule has 22 heavy (non-hydrogen) atoms. The molecule has 112 valence electrons. The number of benzene rings is 2. The molecule has 3 aromatic rings. The van der Waals surface area contributed by atoms with Gasteiger partial charge in [-0.3, -0.25) is 4.79 Å². The van der Waals surface area contributed by atoms with E-state index in [1.54, 1.807) is 11.8 Å². The summed E-state index contributed by atoms with van der Waals surface area (Å²) in [6.07, 6.45) is 2.02. The van der Waals surface area contributed by atoms with Crippen LogP contribution in [0.4, 0.5) is 5.69 Å². The van der Waals surface area contributed by atoms with Crippen molar-refractivity contribution in [2.45, 2.75) is 18.4 Å². The van der Waals surface area contributed by atoms with Gasteiger partial charge in [0.25, 0.3) is 0 Å². The predicted molar refractivity (Wildman–Crippen MR) is 91.3 cm³/mol. The quantitative estimate of drug-likeness (QED) is 0.747. The standard InChI is InChI=1S/C17H17N3OS/c1-12-18-15-8-3-4-9-16(15)20(12)11-17(21)19-13-6-5-7-14(10-13)22-2/h3-10H,11H2,1-2H3,(H,19,21). The first-order valence-corrected chi connectivity index (χ1v) is 8.25. The zero-order valence-corrected chi connectivity index (χ0v) is 13.4. The van der Waals surface area contributed by atoms with Gasteiger partial charge in [-0.2, -0.15) is 0 Å². The van der Waals surface area contributed by atoms with E-state index in [-0.39, 0.29) is 12.5 Å². The fraction of sp³-hybridized carbons (Fsp3) is 0.176. The van der Waals surface area contributed by atoms with Gasteiger partial charge in [0, 0.05) is 10.6 Å². The number of para-hydroxylation sites is 2. The second kappa shape index (κ2) is 6.23.